The van der Waals surface area contributed by atoms with Crippen molar-refractivity contribution in [2.75, 3.05) is 13.1 Å². The average Bonchev–Trinajstić information content (AvgIpc) is 3.43. The molecule has 4 heterocycles. The number of rotatable bonds is 6. The molecule has 0 unspecified atom stereocenters. The van der Waals surface area contributed by atoms with E-state index in [-0.39, 0.29) is 23.8 Å². The number of hydrogen-bond donors (Lipinski definition) is 1. The van der Waals surface area contributed by atoms with E-state index in [1.807, 2.05) is 54.6 Å². The topological polar surface area (TPSA) is 89.4 Å². The molecule has 0 saturated carbocycles. The standard InChI is InChI=1S/C26H30N6O/c1-16(2)24(33)13-18-4-5-19-6-8-22(28-23(19)12-18)26-30-29-25-9-7-20(14-32(25)26)17(3)31-11-10-21(27)15-31/h4-9,12,14,16-17,21H,10-11,13,15,27H2,1-3H3/t17-,21-/m0/s1. The first-order valence-corrected chi connectivity index (χ1v) is 11.7. The molecular formula is C26H30N6O. The monoisotopic (exact) mass is 442 g/mol. The van der Waals surface area contributed by atoms with Crippen molar-refractivity contribution in [2.24, 2.45) is 11.7 Å². The van der Waals surface area contributed by atoms with Crippen molar-refractivity contribution < 1.29 is 4.79 Å². The van der Waals surface area contributed by atoms with Gasteiger partial charge in [0.1, 0.15) is 11.5 Å². The zero-order valence-electron chi connectivity index (χ0n) is 19.4. The van der Waals surface area contributed by atoms with E-state index in [1.54, 1.807) is 0 Å². The zero-order valence-corrected chi connectivity index (χ0v) is 19.4. The number of nitrogens with two attached hydrogens (primary N) is 1. The third-order valence-electron chi connectivity index (χ3n) is 6.72. The lowest BCUT2D eigenvalue weighted by molar-refractivity contribution is -0.121. The van der Waals surface area contributed by atoms with Crippen LogP contribution in [0.25, 0.3) is 28.1 Å². The van der Waals surface area contributed by atoms with Crippen molar-refractivity contribution in [2.45, 2.75) is 45.7 Å². The summed E-state index contributed by atoms with van der Waals surface area (Å²) in [6, 6.07) is 14.7. The molecule has 5 rings (SSSR count). The zero-order chi connectivity index (χ0) is 23.1. The fraction of sp³-hybridized carbons (Fsp3) is 0.385. The first-order valence-electron chi connectivity index (χ1n) is 11.7. The van der Waals surface area contributed by atoms with E-state index in [2.05, 4.69) is 34.3 Å². The molecule has 3 aromatic heterocycles. The molecule has 170 valence electrons. The summed E-state index contributed by atoms with van der Waals surface area (Å²) in [5.74, 6) is 0.965. The van der Waals surface area contributed by atoms with Crippen LogP contribution >= 0.6 is 0 Å². The number of carbonyl (C=O) groups excluding carboxylic acids is 1. The summed E-state index contributed by atoms with van der Waals surface area (Å²) >= 11 is 0. The highest BCUT2D eigenvalue weighted by Gasteiger charge is 2.25. The van der Waals surface area contributed by atoms with Gasteiger partial charge in [0.15, 0.2) is 11.5 Å². The predicted octanol–water partition coefficient (Wildman–Crippen LogP) is 3.81. The Bertz CT molecular complexity index is 1330. The molecule has 0 aliphatic carbocycles. The maximum absolute atomic E-state index is 12.2. The highest BCUT2D eigenvalue weighted by Crippen LogP contribution is 2.27. The first kappa shape index (κ1) is 21.7. The van der Waals surface area contributed by atoms with Gasteiger partial charge in [0.05, 0.1) is 5.52 Å². The average molecular weight is 443 g/mol. The number of carbonyl (C=O) groups is 1. The molecule has 0 spiro atoms. The third kappa shape index (κ3) is 4.26. The summed E-state index contributed by atoms with van der Waals surface area (Å²) in [5, 5.41) is 9.83. The van der Waals surface area contributed by atoms with Gasteiger partial charge in [-0.15, -0.1) is 10.2 Å². The summed E-state index contributed by atoms with van der Waals surface area (Å²) in [4.78, 5) is 19.5. The predicted molar refractivity (Wildman–Crippen MR) is 130 cm³/mol. The molecule has 33 heavy (non-hydrogen) atoms. The highest BCUT2D eigenvalue weighted by atomic mass is 16.1. The van der Waals surface area contributed by atoms with Gasteiger partial charge in [0, 0.05) is 49.1 Å². The molecule has 1 saturated heterocycles. The highest BCUT2D eigenvalue weighted by molar-refractivity contribution is 5.86. The molecule has 1 aliphatic heterocycles. The Morgan fingerprint density at radius 1 is 1.12 bits per heavy atom. The second kappa shape index (κ2) is 8.65. The number of aromatic nitrogens is 4. The lowest BCUT2D eigenvalue weighted by atomic mass is 10.00. The fourth-order valence-electron chi connectivity index (χ4n) is 4.51. The van der Waals surface area contributed by atoms with Crippen molar-refractivity contribution >= 4 is 22.3 Å². The van der Waals surface area contributed by atoms with Crippen LogP contribution in [0.15, 0.2) is 48.7 Å². The smallest absolute Gasteiger partial charge is 0.187 e. The van der Waals surface area contributed by atoms with Crippen LogP contribution < -0.4 is 5.73 Å². The van der Waals surface area contributed by atoms with Gasteiger partial charge in [-0.3, -0.25) is 14.1 Å². The van der Waals surface area contributed by atoms with Gasteiger partial charge in [-0.1, -0.05) is 38.1 Å². The molecule has 0 radical (unpaired) electrons. The van der Waals surface area contributed by atoms with Gasteiger partial charge >= 0.3 is 0 Å². The summed E-state index contributed by atoms with van der Waals surface area (Å²) in [5.41, 5.74) is 10.7. The maximum Gasteiger partial charge on any atom is 0.187 e. The van der Waals surface area contributed by atoms with Gasteiger partial charge in [-0.25, -0.2) is 4.98 Å². The minimum Gasteiger partial charge on any atom is -0.326 e. The van der Waals surface area contributed by atoms with E-state index in [9.17, 15) is 4.79 Å². The van der Waals surface area contributed by atoms with Crippen molar-refractivity contribution in [1.29, 1.82) is 0 Å². The van der Waals surface area contributed by atoms with Crippen molar-refractivity contribution in [3.63, 3.8) is 0 Å². The lowest BCUT2D eigenvalue weighted by Crippen LogP contribution is -2.28. The van der Waals surface area contributed by atoms with Gasteiger partial charge in [0.25, 0.3) is 0 Å². The molecule has 2 atom stereocenters. The number of Topliss-reactive ketones (excluding diaryl/α,β-unsaturated/α-hetero) is 1. The van der Waals surface area contributed by atoms with E-state index in [1.165, 1.54) is 5.56 Å². The Labute approximate surface area is 193 Å². The summed E-state index contributed by atoms with van der Waals surface area (Å²) in [6.45, 7) is 8.02. The number of fused-ring (bicyclic) bond motifs is 2. The van der Waals surface area contributed by atoms with Crippen LogP contribution in [0.5, 0.6) is 0 Å². The van der Waals surface area contributed by atoms with Crippen LogP contribution in [-0.4, -0.2) is 49.4 Å². The minimum absolute atomic E-state index is 0.0234. The third-order valence-corrected chi connectivity index (χ3v) is 6.72. The summed E-state index contributed by atoms with van der Waals surface area (Å²) < 4.78 is 2.02. The molecule has 0 bridgehead atoms. The lowest BCUT2D eigenvalue weighted by Gasteiger charge is -2.24. The molecular weight excluding hydrogens is 412 g/mol. The number of benzene rings is 1. The maximum atomic E-state index is 12.2. The van der Waals surface area contributed by atoms with Crippen molar-refractivity contribution in [3.8, 4) is 11.5 Å². The Hall–Kier alpha value is -3.16. The number of hydrogen-bond acceptors (Lipinski definition) is 6. The number of pyridine rings is 2. The van der Waals surface area contributed by atoms with Crippen molar-refractivity contribution in [1.82, 2.24) is 24.5 Å². The Balaban J connectivity index is 1.50. The quantitative estimate of drug-likeness (QED) is 0.488. The van der Waals surface area contributed by atoms with Gasteiger partial charge in [-0.2, -0.15) is 0 Å². The molecule has 4 aromatic rings. The number of ketones is 1. The Kier molecular flexibility index (Phi) is 5.68. The number of nitrogens with zero attached hydrogens (tertiary/aromatic N) is 5. The number of likely N-dealkylation sites (tertiary alicyclic amines) is 1. The summed E-state index contributed by atoms with van der Waals surface area (Å²) in [7, 11) is 0. The van der Waals surface area contributed by atoms with E-state index >= 15 is 0 Å². The Morgan fingerprint density at radius 3 is 2.70 bits per heavy atom. The second-order valence-electron chi connectivity index (χ2n) is 9.46. The van der Waals surface area contributed by atoms with Crippen molar-refractivity contribution in [3.05, 3.63) is 59.8 Å². The normalized spacial score (nSPS) is 17.9. The van der Waals surface area contributed by atoms with Gasteiger partial charge < -0.3 is 5.73 Å². The second-order valence-corrected chi connectivity index (χ2v) is 9.46. The molecule has 2 N–H and O–H groups in total. The molecule has 1 aromatic carbocycles. The first-order chi connectivity index (χ1) is 15.9. The van der Waals surface area contributed by atoms with Crippen LogP contribution in [0, 0.1) is 5.92 Å². The van der Waals surface area contributed by atoms with Crippen LogP contribution in [0.1, 0.15) is 44.4 Å². The van der Waals surface area contributed by atoms with Gasteiger partial charge in [-0.05, 0) is 42.7 Å². The SMILES string of the molecule is CC(C)C(=O)Cc1ccc2ccc(-c3nnc4ccc([C@H](C)N5CC[C@H](N)C5)cn34)nc2c1. The molecule has 7 nitrogen and oxygen atoms in total. The fourth-order valence-corrected chi connectivity index (χ4v) is 4.51. The molecule has 1 aliphatic rings. The van der Waals surface area contributed by atoms with Crippen LogP contribution in [0.4, 0.5) is 0 Å². The van der Waals surface area contributed by atoms with E-state index in [0.29, 0.717) is 12.2 Å². The van der Waals surface area contributed by atoms with E-state index in [4.69, 9.17) is 10.7 Å². The van der Waals surface area contributed by atoms with Gasteiger partial charge in [0.2, 0.25) is 0 Å². The van der Waals surface area contributed by atoms with E-state index in [0.717, 1.165) is 47.3 Å². The summed E-state index contributed by atoms with van der Waals surface area (Å²) in [6.07, 6.45) is 3.58. The molecule has 1 fully saturated rings. The Morgan fingerprint density at radius 2 is 1.94 bits per heavy atom. The van der Waals surface area contributed by atoms with Crippen LogP contribution in [0.2, 0.25) is 0 Å². The van der Waals surface area contributed by atoms with E-state index < -0.39 is 0 Å². The van der Waals surface area contributed by atoms with Crippen LogP contribution in [0.3, 0.4) is 0 Å². The molecule has 7 heteroatoms. The largest absolute Gasteiger partial charge is 0.326 e. The minimum atomic E-state index is 0.0234. The van der Waals surface area contributed by atoms with Crippen LogP contribution in [-0.2, 0) is 11.2 Å². The molecule has 0 amide bonds.